The molecular formula is C32H50O4. The molecular weight excluding hydrogens is 448 g/mol. The second-order valence-corrected chi connectivity index (χ2v) is 15.1. The van der Waals surface area contributed by atoms with Gasteiger partial charge in [0.25, 0.3) is 0 Å². The van der Waals surface area contributed by atoms with E-state index in [1.165, 1.54) is 25.3 Å². The Hall–Kier alpha value is -1.32. The molecule has 5 aliphatic carbocycles. The molecule has 0 aromatic carbocycles. The van der Waals surface area contributed by atoms with Gasteiger partial charge in [-0.05, 0) is 104 Å². The van der Waals surface area contributed by atoms with Crippen molar-refractivity contribution < 1.29 is 19.4 Å². The van der Waals surface area contributed by atoms with Crippen LogP contribution in [0.1, 0.15) is 113 Å². The number of rotatable bonds is 2. The van der Waals surface area contributed by atoms with Crippen molar-refractivity contribution in [3.63, 3.8) is 0 Å². The average molecular weight is 499 g/mol. The second-order valence-electron chi connectivity index (χ2n) is 15.1. The van der Waals surface area contributed by atoms with Gasteiger partial charge >= 0.3 is 11.9 Å². The van der Waals surface area contributed by atoms with Crippen molar-refractivity contribution in [3.05, 3.63) is 11.6 Å². The number of ether oxygens (including phenoxy) is 1. The van der Waals surface area contributed by atoms with Crippen molar-refractivity contribution in [2.75, 3.05) is 0 Å². The van der Waals surface area contributed by atoms with Crippen LogP contribution in [0.25, 0.3) is 0 Å². The lowest BCUT2D eigenvalue weighted by atomic mass is 9.33. The van der Waals surface area contributed by atoms with E-state index in [-0.39, 0.29) is 33.7 Å². The van der Waals surface area contributed by atoms with Gasteiger partial charge in [-0.25, -0.2) is 0 Å². The number of hydrogen-bond acceptors (Lipinski definition) is 3. The van der Waals surface area contributed by atoms with Gasteiger partial charge in [0.05, 0.1) is 5.41 Å². The summed E-state index contributed by atoms with van der Waals surface area (Å²) in [4.78, 5) is 25.5. The lowest BCUT2D eigenvalue weighted by Crippen LogP contribution is -2.67. The lowest BCUT2D eigenvalue weighted by molar-refractivity contribution is -0.220. The minimum absolute atomic E-state index is 0.0455. The number of carboxylic acids is 1. The number of aliphatic carboxylic acids is 1. The minimum Gasteiger partial charge on any atom is -0.481 e. The number of carboxylic acid groups (broad SMARTS) is 1. The molecule has 0 unspecified atom stereocenters. The number of allylic oxidation sites excluding steroid dienone is 1. The molecule has 0 spiro atoms. The molecule has 1 N–H and O–H groups in total. The zero-order valence-electron chi connectivity index (χ0n) is 24.1. The monoisotopic (exact) mass is 498 g/mol. The Morgan fingerprint density at radius 3 is 2.25 bits per heavy atom. The zero-order chi connectivity index (χ0) is 26.5. The summed E-state index contributed by atoms with van der Waals surface area (Å²) in [6.45, 7) is 18.2. The molecule has 10 atom stereocenters. The number of esters is 1. The van der Waals surface area contributed by atoms with E-state index in [2.05, 4.69) is 54.5 Å². The van der Waals surface area contributed by atoms with Gasteiger partial charge in [0, 0.05) is 12.3 Å². The molecule has 4 heteroatoms. The molecule has 0 radical (unpaired) electrons. The largest absolute Gasteiger partial charge is 0.481 e. The molecule has 4 nitrogen and oxygen atoms in total. The Bertz CT molecular complexity index is 981. The van der Waals surface area contributed by atoms with E-state index in [0.717, 1.165) is 44.9 Å². The van der Waals surface area contributed by atoms with Crippen molar-refractivity contribution in [2.45, 2.75) is 119 Å². The molecule has 202 valence electrons. The SMILES string of the molecule is CC(=O)O[C@@H]1CC[C@@]2(C)[C@@H](CC[C@]3(C)[C@H]2CC=C2[C@@H]4[C@@H](C)[C@H](C)CC[C@]4(C)CC[C@]23C(=O)O)C1(C)C. The summed E-state index contributed by atoms with van der Waals surface area (Å²) in [7, 11) is 0. The van der Waals surface area contributed by atoms with Crippen LogP contribution in [0.5, 0.6) is 0 Å². The fourth-order valence-corrected chi connectivity index (χ4v) is 11.4. The highest BCUT2D eigenvalue weighted by atomic mass is 16.5. The first-order valence-corrected chi connectivity index (χ1v) is 14.8. The molecule has 5 aliphatic rings. The summed E-state index contributed by atoms with van der Waals surface area (Å²) in [6.07, 6.45) is 11.5. The van der Waals surface area contributed by atoms with E-state index in [1.54, 1.807) is 0 Å². The van der Waals surface area contributed by atoms with E-state index in [1.807, 2.05) is 0 Å². The molecule has 4 saturated carbocycles. The fraction of sp³-hybridized carbons (Fsp3) is 0.875. The van der Waals surface area contributed by atoms with Crippen molar-refractivity contribution in [2.24, 2.45) is 56.7 Å². The standard InChI is InChI=1S/C32H50O4/c1-19-11-14-29(6)17-18-32(27(34)35)22(26(29)20(19)2)9-10-24-30(7)15-13-25(36-21(3)33)28(4,5)23(30)12-16-31(24,32)8/h9,19-20,23-26H,10-18H2,1-8H3,(H,34,35)/t19-,20+,23+,24+,25-,26+,29-,30+,31-,32-/m1/s1. The molecule has 0 aliphatic heterocycles. The Labute approximate surface area is 219 Å². The van der Waals surface area contributed by atoms with E-state index >= 15 is 0 Å². The molecule has 36 heavy (non-hydrogen) atoms. The van der Waals surface area contributed by atoms with Crippen LogP contribution in [-0.4, -0.2) is 23.1 Å². The fourth-order valence-electron chi connectivity index (χ4n) is 11.4. The van der Waals surface area contributed by atoms with Crippen LogP contribution < -0.4 is 0 Å². The molecule has 0 saturated heterocycles. The Kier molecular flexibility index (Phi) is 5.91. The van der Waals surface area contributed by atoms with Crippen LogP contribution in [0.4, 0.5) is 0 Å². The van der Waals surface area contributed by atoms with E-state index < -0.39 is 11.4 Å². The second kappa shape index (κ2) is 8.09. The maximum Gasteiger partial charge on any atom is 0.314 e. The van der Waals surface area contributed by atoms with Crippen LogP contribution >= 0.6 is 0 Å². The van der Waals surface area contributed by atoms with Crippen LogP contribution in [0, 0.1) is 56.7 Å². The van der Waals surface area contributed by atoms with Crippen molar-refractivity contribution >= 4 is 11.9 Å². The number of carbonyl (C=O) groups is 2. The van der Waals surface area contributed by atoms with Crippen LogP contribution in [0.15, 0.2) is 11.6 Å². The highest BCUT2D eigenvalue weighted by molar-refractivity contribution is 5.81. The first-order valence-electron chi connectivity index (χ1n) is 14.8. The predicted octanol–water partition coefficient (Wildman–Crippen LogP) is 7.66. The van der Waals surface area contributed by atoms with Gasteiger partial charge in [0.15, 0.2) is 0 Å². The van der Waals surface area contributed by atoms with Gasteiger partial charge < -0.3 is 9.84 Å². The quantitative estimate of drug-likeness (QED) is 0.313. The van der Waals surface area contributed by atoms with Gasteiger partial charge in [-0.1, -0.05) is 60.1 Å². The molecule has 0 heterocycles. The van der Waals surface area contributed by atoms with E-state index in [0.29, 0.717) is 29.6 Å². The highest BCUT2D eigenvalue weighted by Crippen LogP contribution is 2.76. The molecule has 0 aromatic rings. The van der Waals surface area contributed by atoms with Crippen molar-refractivity contribution in [1.82, 2.24) is 0 Å². The number of hydrogen-bond donors (Lipinski definition) is 1. The summed E-state index contributed by atoms with van der Waals surface area (Å²) >= 11 is 0. The Morgan fingerprint density at radius 1 is 0.917 bits per heavy atom. The van der Waals surface area contributed by atoms with Gasteiger partial charge in [0.1, 0.15) is 6.10 Å². The summed E-state index contributed by atoms with van der Waals surface area (Å²) in [5.74, 6) is 1.55. The summed E-state index contributed by atoms with van der Waals surface area (Å²) in [6, 6.07) is 0. The molecule has 0 bridgehead atoms. The molecule has 0 amide bonds. The predicted molar refractivity (Wildman–Crippen MR) is 142 cm³/mol. The average Bonchev–Trinajstić information content (AvgIpc) is 2.77. The van der Waals surface area contributed by atoms with Gasteiger partial charge in [-0.15, -0.1) is 0 Å². The minimum atomic E-state index is -0.754. The maximum atomic E-state index is 13.6. The topological polar surface area (TPSA) is 63.6 Å². The van der Waals surface area contributed by atoms with Crippen LogP contribution in [0.2, 0.25) is 0 Å². The third-order valence-electron chi connectivity index (χ3n) is 13.5. The maximum absolute atomic E-state index is 13.6. The van der Waals surface area contributed by atoms with Crippen LogP contribution in [0.3, 0.4) is 0 Å². The molecule has 4 fully saturated rings. The normalized spacial score (nSPS) is 51.5. The summed E-state index contributed by atoms with van der Waals surface area (Å²) < 4.78 is 5.85. The van der Waals surface area contributed by atoms with E-state index in [4.69, 9.17) is 4.74 Å². The number of carbonyl (C=O) groups excluding carboxylic acids is 1. The van der Waals surface area contributed by atoms with Gasteiger partial charge in [-0.3, -0.25) is 9.59 Å². The summed E-state index contributed by atoms with van der Waals surface area (Å²) in [5, 5.41) is 11.2. The highest BCUT2D eigenvalue weighted by Gasteiger charge is 2.72. The van der Waals surface area contributed by atoms with Crippen LogP contribution in [-0.2, 0) is 14.3 Å². The molecule has 0 aromatic heterocycles. The van der Waals surface area contributed by atoms with Crippen molar-refractivity contribution in [1.29, 1.82) is 0 Å². The first-order chi connectivity index (χ1) is 16.6. The van der Waals surface area contributed by atoms with E-state index in [9.17, 15) is 14.7 Å². The third kappa shape index (κ3) is 3.17. The van der Waals surface area contributed by atoms with Gasteiger partial charge in [-0.2, -0.15) is 0 Å². The molecule has 5 rings (SSSR count). The summed E-state index contributed by atoms with van der Waals surface area (Å²) in [5.41, 5.74) is 0.459. The Balaban J connectivity index is 1.60. The zero-order valence-corrected chi connectivity index (χ0v) is 24.1. The smallest absolute Gasteiger partial charge is 0.314 e. The van der Waals surface area contributed by atoms with Gasteiger partial charge in [0.2, 0.25) is 0 Å². The lowest BCUT2D eigenvalue weighted by Gasteiger charge is -2.70. The first kappa shape index (κ1) is 26.3. The third-order valence-corrected chi connectivity index (χ3v) is 13.5. The van der Waals surface area contributed by atoms with Crippen molar-refractivity contribution in [3.8, 4) is 0 Å². The Morgan fingerprint density at radius 2 is 1.61 bits per heavy atom. The number of fused-ring (bicyclic) bond motifs is 7.